The van der Waals surface area contributed by atoms with Crippen LogP contribution in [0.15, 0.2) is 52.5 Å². The van der Waals surface area contributed by atoms with Crippen LogP contribution < -0.4 is 10.2 Å². The van der Waals surface area contributed by atoms with E-state index in [4.69, 9.17) is 0 Å². The second kappa shape index (κ2) is 6.52. The Labute approximate surface area is 151 Å². The lowest BCUT2D eigenvalue weighted by Crippen LogP contribution is -2.54. The molecule has 0 bridgehead atoms. The predicted molar refractivity (Wildman–Crippen MR) is 96.0 cm³/mol. The highest BCUT2D eigenvalue weighted by Gasteiger charge is 2.37. The summed E-state index contributed by atoms with van der Waals surface area (Å²) in [7, 11) is 0. The molecule has 126 valence electrons. The fraction of sp³-hybridized carbons (Fsp3) is 0.0556. The molecular formula is C18H13BrN2O4. The van der Waals surface area contributed by atoms with Gasteiger partial charge >= 0.3 is 6.03 Å². The number of barbiturate groups is 1. The van der Waals surface area contributed by atoms with Gasteiger partial charge in [0.25, 0.3) is 11.8 Å². The fourth-order valence-corrected chi connectivity index (χ4v) is 2.99. The average molecular weight is 401 g/mol. The van der Waals surface area contributed by atoms with Crippen molar-refractivity contribution in [3.05, 3.63) is 63.6 Å². The van der Waals surface area contributed by atoms with Crippen molar-refractivity contribution >= 4 is 45.5 Å². The third-order valence-electron chi connectivity index (χ3n) is 3.74. The van der Waals surface area contributed by atoms with Gasteiger partial charge in [0.15, 0.2) is 0 Å². The number of hydrogen-bond acceptors (Lipinski definition) is 4. The molecule has 1 aliphatic heterocycles. The molecular weight excluding hydrogens is 388 g/mol. The van der Waals surface area contributed by atoms with E-state index in [1.165, 1.54) is 12.1 Å². The number of imide groups is 2. The monoisotopic (exact) mass is 400 g/mol. The fourth-order valence-electron chi connectivity index (χ4n) is 2.51. The number of para-hydroxylation sites is 1. The van der Waals surface area contributed by atoms with Crippen molar-refractivity contribution in [1.29, 1.82) is 0 Å². The zero-order chi connectivity index (χ0) is 18.1. The highest BCUT2D eigenvalue weighted by Crippen LogP contribution is 2.28. The summed E-state index contributed by atoms with van der Waals surface area (Å²) < 4.78 is 0.805. The topological polar surface area (TPSA) is 86.7 Å². The van der Waals surface area contributed by atoms with Gasteiger partial charge in [-0.2, -0.15) is 0 Å². The maximum atomic E-state index is 12.8. The molecule has 25 heavy (non-hydrogen) atoms. The van der Waals surface area contributed by atoms with Crippen molar-refractivity contribution in [2.75, 3.05) is 4.90 Å². The number of benzene rings is 2. The molecule has 0 unspecified atom stereocenters. The summed E-state index contributed by atoms with van der Waals surface area (Å²) >= 11 is 3.33. The van der Waals surface area contributed by atoms with Gasteiger partial charge in [0.1, 0.15) is 11.3 Å². The number of rotatable bonds is 2. The molecule has 0 aromatic heterocycles. The van der Waals surface area contributed by atoms with Crippen LogP contribution in [0, 0.1) is 6.92 Å². The second-order valence-electron chi connectivity index (χ2n) is 5.45. The van der Waals surface area contributed by atoms with Gasteiger partial charge in [0.05, 0.1) is 5.69 Å². The summed E-state index contributed by atoms with van der Waals surface area (Å²) in [6.07, 6.45) is 1.26. The van der Waals surface area contributed by atoms with E-state index in [-0.39, 0.29) is 11.3 Å². The quantitative estimate of drug-likeness (QED) is 0.598. The predicted octanol–water partition coefficient (Wildman–Crippen LogP) is 3.13. The van der Waals surface area contributed by atoms with Crippen LogP contribution in [0.25, 0.3) is 6.08 Å². The van der Waals surface area contributed by atoms with E-state index in [1.807, 2.05) is 0 Å². The molecule has 4 amide bonds. The molecule has 0 saturated carbocycles. The van der Waals surface area contributed by atoms with Crippen LogP contribution in [0.1, 0.15) is 11.1 Å². The first-order valence-corrected chi connectivity index (χ1v) is 8.13. The van der Waals surface area contributed by atoms with Crippen LogP contribution in [0.5, 0.6) is 5.75 Å². The number of carbonyl (C=O) groups is 3. The van der Waals surface area contributed by atoms with Crippen molar-refractivity contribution in [3.8, 4) is 5.75 Å². The van der Waals surface area contributed by atoms with Crippen molar-refractivity contribution in [1.82, 2.24) is 5.32 Å². The van der Waals surface area contributed by atoms with Crippen LogP contribution in [-0.4, -0.2) is 23.0 Å². The molecule has 1 heterocycles. The molecule has 2 N–H and O–H groups in total. The summed E-state index contributed by atoms with van der Waals surface area (Å²) in [4.78, 5) is 38.0. The third kappa shape index (κ3) is 3.18. The van der Waals surface area contributed by atoms with Crippen LogP contribution in [0.3, 0.4) is 0 Å². The SMILES string of the molecule is Cc1cc(Br)ccc1N1C(=O)NC(=O)/C(=C/c2ccccc2O)C1=O. The van der Waals surface area contributed by atoms with Crippen LogP contribution in [-0.2, 0) is 9.59 Å². The van der Waals surface area contributed by atoms with Gasteiger partial charge in [-0.05, 0) is 42.8 Å². The van der Waals surface area contributed by atoms with Gasteiger partial charge in [-0.3, -0.25) is 14.9 Å². The number of anilines is 1. The van der Waals surface area contributed by atoms with Gasteiger partial charge in [0, 0.05) is 10.0 Å². The Bertz CT molecular complexity index is 936. The number of hydrogen-bond donors (Lipinski definition) is 2. The molecule has 3 rings (SSSR count). The number of urea groups is 1. The largest absolute Gasteiger partial charge is 0.507 e. The van der Waals surface area contributed by atoms with E-state index in [0.29, 0.717) is 16.8 Å². The van der Waals surface area contributed by atoms with E-state index >= 15 is 0 Å². The summed E-state index contributed by atoms with van der Waals surface area (Å²) in [6, 6.07) is 10.6. The lowest BCUT2D eigenvalue weighted by molar-refractivity contribution is -0.122. The van der Waals surface area contributed by atoms with Gasteiger partial charge in [-0.15, -0.1) is 0 Å². The lowest BCUT2D eigenvalue weighted by atomic mass is 10.1. The molecule has 2 aromatic rings. The van der Waals surface area contributed by atoms with Gasteiger partial charge in [-0.25, -0.2) is 9.69 Å². The molecule has 1 aliphatic rings. The Kier molecular flexibility index (Phi) is 4.41. The number of nitrogens with zero attached hydrogens (tertiary/aromatic N) is 1. The van der Waals surface area contributed by atoms with Gasteiger partial charge in [-0.1, -0.05) is 34.1 Å². The zero-order valence-electron chi connectivity index (χ0n) is 13.1. The number of aromatic hydroxyl groups is 1. The number of phenols is 1. The number of carbonyl (C=O) groups excluding carboxylic acids is 3. The Balaban J connectivity index is 2.07. The summed E-state index contributed by atoms with van der Waals surface area (Å²) in [5.74, 6) is -1.62. The maximum Gasteiger partial charge on any atom is 0.335 e. The number of aryl methyl sites for hydroxylation is 1. The first-order valence-electron chi connectivity index (χ1n) is 7.34. The van der Waals surface area contributed by atoms with Gasteiger partial charge < -0.3 is 5.11 Å². The summed E-state index contributed by atoms with van der Waals surface area (Å²) in [5, 5.41) is 12.0. The molecule has 0 radical (unpaired) electrons. The molecule has 7 heteroatoms. The Morgan fingerprint density at radius 1 is 1.12 bits per heavy atom. The van der Waals surface area contributed by atoms with E-state index in [1.54, 1.807) is 43.3 Å². The number of amides is 4. The Hall–Kier alpha value is -2.93. The van der Waals surface area contributed by atoms with Gasteiger partial charge in [0.2, 0.25) is 0 Å². The minimum absolute atomic E-state index is 0.0705. The summed E-state index contributed by atoms with van der Waals surface area (Å²) in [6.45, 7) is 1.75. The minimum atomic E-state index is -0.810. The zero-order valence-corrected chi connectivity index (χ0v) is 14.7. The third-order valence-corrected chi connectivity index (χ3v) is 4.23. The molecule has 0 spiro atoms. The smallest absolute Gasteiger partial charge is 0.335 e. The van der Waals surface area contributed by atoms with Crippen molar-refractivity contribution < 1.29 is 19.5 Å². The van der Waals surface area contributed by atoms with E-state index < -0.39 is 17.8 Å². The first-order chi connectivity index (χ1) is 11.9. The molecule has 6 nitrogen and oxygen atoms in total. The second-order valence-corrected chi connectivity index (χ2v) is 6.36. The van der Waals surface area contributed by atoms with Crippen molar-refractivity contribution in [3.63, 3.8) is 0 Å². The van der Waals surface area contributed by atoms with Crippen LogP contribution in [0.4, 0.5) is 10.5 Å². The lowest BCUT2D eigenvalue weighted by Gasteiger charge is -2.27. The minimum Gasteiger partial charge on any atom is -0.507 e. The molecule has 2 aromatic carbocycles. The standard InChI is InChI=1S/C18H13BrN2O4/c1-10-8-12(19)6-7-14(10)21-17(24)13(16(23)20-18(21)25)9-11-4-2-3-5-15(11)22/h2-9,22H,1H3,(H,20,23,25)/b13-9-. The number of nitrogens with one attached hydrogen (secondary N) is 1. The van der Waals surface area contributed by atoms with Crippen LogP contribution in [0.2, 0.25) is 0 Å². The average Bonchev–Trinajstić information content (AvgIpc) is 2.55. The molecule has 0 aliphatic carbocycles. The van der Waals surface area contributed by atoms with Crippen LogP contribution >= 0.6 is 15.9 Å². The van der Waals surface area contributed by atoms with E-state index in [0.717, 1.165) is 9.37 Å². The normalized spacial score (nSPS) is 16.3. The Morgan fingerprint density at radius 3 is 2.52 bits per heavy atom. The molecule has 1 fully saturated rings. The summed E-state index contributed by atoms with van der Waals surface area (Å²) in [5.41, 5.74) is 1.14. The highest BCUT2D eigenvalue weighted by atomic mass is 79.9. The van der Waals surface area contributed by atoms with Crippen molar-refractivity contribution in [2.24, 2.45) is 0 Å². The maximum absolute atomic E-state index is 12.8. The van der Waals surface area contributed by atoms with Crippen molar-refractivity contribution in [2.45, 2.75) is 6.92 Å². The highest BCUT2D eigenvalue weighted by molar-refractivity contribution is 9.10. The molecule has 0 atom stereocenters. The van der Waals surface area contributed by atoms with E-state index in [9.17, 15) is 19.5 Å². The molecule has 1 saturated heterocycles. The Morgan fingerprint density at radius 2 is 1.84 bits per heavy atom. The number of phenolic OH excluding ortho intramolecular Hbond substituents is 1. The first kappa shape index (κ1) is 16.9. The van der Waals surface area contributed by atoms with E-state index in [2.05, 4.69) is 21.2 Å². The number of halogens is 1.